The standard InChI is InChI=1S/C16H13BrFNO4/c1-22-16(21)13-7-10(17)5-6-14(13)19-15(20)9-23-12-4-2-3-11(18)8-12/h2-8H,9H2,1H3,(H,19,20). The van der Waals surface area contributed by atoms with Crippen LogP contribution in [0.1, 0.15) is 10.4 Å². The van der Waals surface area contributed by atoms with Crippen molar-refractivity contribution in [3.8, 4) is 5.75 Å². The number of ether oxygens (including phenoxy) is 2. The van der Waals surface area contributed by atoms with Crippen molar-refractivity contribution in [2.24, 2.45) is 0 Å². The van der Waals surface area contributed by atoms with Crippen LogP contribution in [0.2, 0.25) is 0 Å². The predicted molar refractivity (Wildman–Crippen MR) is 86.0 cm³/mol. The van der Waals surface area contributed by atoms with Gasteiger partial charge in [-0.15, -0.1) is 0 Å². The number of hydrogen-bond donors (Lipinski definition) is 1. The van der Waals surface area contributed by atoms with Gasteiger partial charge in [0.2, 0.25) is 0 Å². The van der Waals surface area contributed by atoms with Crippen LogP contribution in [-0.2, 0) is 9.53 Å². The number of halogens is 2. The van der Waals surface area contributed by atoms with Gasteiger partial charge in [0.15, 0.2) is 6.61 Å². The first-order chi connectivity index (χ1) is 11.0. The molecule has 0 aliphatic carbocycles. The average Bonchev–Trinajstić information content (AvgIpc) is 2.54. The third-order valence-corrected chi connectivity index (χ3v) is 3.32. The number of anilines is 1. The molecule has 0 unspecified atom stereocenters. The zero-order valence-electron chi connectivity index (χ0n) is 12.1. The molecule has 2 aromatic rings. The van der Waals surface area contributed by atoms with E-state index in [0.717, 1.165) is 0 Å². The molecule has 2 aromatic carbocycles. The fourth-order valence-corrected chi connectivity index (χ4v) is 2.16. The summed E-state index contributed by atoms with van der Waals surface area (Å²) < 4.78 is 23.6. The molecule has 120 valence electrons. The first-order valence-electron chi connectivity index (χ1n) is 6.55. The Labute approximate surface area is 140 Å². The summed E-state index contributed by atoms with van der Waals surface area (Å²) in [5.41, 5.74) is 0.508. The van der Waals surface area contributed by atoms with Crippen molar-refractivity contribution >= 4 is 33.5 Å². The first kappa shape index (κ1) is 17.0. The number of methoxy groups -OCH3 is 1. The Morgan fingerprint density at radius 3 is 2.70 bits per heavy atom. The number of hydrogen-bond acceptors (Lipinski definition) is 4. The lowest BCUT2D eigenvalue weighted by molar-refractivity contribution is -0.118. The van der Waals surface area contributed by atoms with E-state index >= 15 is 0 Å². The highest BCUT2D eigenvalue weighted by Crippen LogP contribution is 2.22. The summed E-state index contributed by atoms with van der Waals surface area (Å²) in [5, 5.41) is 2.56. The van der Waals surface area contributed by atoms with Crippen LogP contribution in [0.3, 0.4) is 0 Å². The Morgan fingerprint density at radius 2 is 2.00 bits per heavy atom. The van der Waals surface area contributed by atoms with Crippen LogP contribution in [0.5, 0.6) is 5.75 Å². The molecule has 5 nitrogen and oxygen atoms in total. The van der Waals surface area contributed by atoms with Crippen LogP contribution in [0, 0.1) is 5.82 Å². The van der Waals surface area contributed by atoms with Crippen LogP contribution in [0.4, 0.5) is 10.1 Å². The number of esters is 1. The fourth-order valence-electron chi connectivity index (χ4n) is 1.80. The lowest BCUT2D eigenvalue weighted by Gasteiger charge is -2.11. The van der Waals surface area contributed by atoms with Gasteiger partial charge in [0.25, 0.3) is 5.91 Å². The monoisotopic (exact) mass is 381 g/mol. The van der Waals surface area contributed by atoms with E-state index in [1.165, 1.54) is 37.4 Å². The summed E-state index contributed by atoms with van der Waals surface area (Å²) in [6.45, 7) is -0.319. The van der Waals surface area contributed by atoms with Crippen molar-refractivity contribution in [3.05, 3.63) is 58.3 Å². The second-order valence-electron chi connectivity index (χ2n) is 4.48. The highest BCUT2D eigenvalue weighted by atomic mass is 79.9. The largest absolute Gasteiger partial charge is 0.484 e. The summed E-state index contributed by atoms with van der Waals surface area (Å²) >= 11 is 3.25. The zero-order valence-corrected chi connectivity index (χ0v) is 13.7. The average molecular weight is 382 g/mol. The van der Waals surface area contributed by atoms with Gasteiger partial charge in [-0.2, -0.15) is 0 Å². The Morgan fingerprint density at radius 1 is 1.22 bits per heavy atom. The summed E-state index contributed by atoms with van der Waals surface area (Å²) in [6, 6.07) is 10.2. The molecule has 0 heterocycles. The van der Waals surface area contributed by atoms with E-state index in [1.54, 1.807) is 12.1 Å². The van der Waals surface area contributed by atoms with Gasteiger partial charge in [0, 0.05) is 10.5 Å². The second-order valence-corrected chi connectivity index (χ2v) is 5.39. The summed E-state index contributed by atoms with van der Waals surface area (Å²) in [7, 11) is 1.25. The zero-order chi connectivity index (χ0) is 16.8. The minimum atomic E-state index is -0.576. The maximum atomic E-state index is 13.0. The predicted octanol–water partition coefficient (Wildman–Crippen LogP) is 3.39. The normalized spacial score (nSPS) is 10.0. The second kappa shape index (κ2) is 7.73. The highest BCUT2D eigenvalue weighted by molar-refractivity contribution is 9.10. The van der Waals surface area contributed by atoms with Crippen molar-refractivity contribution in [2.75, 3.05) is 19.0 Å². The maximum Gasteiger partial charge on any atom is 0.340 e. The van der Waals surface area contributed by atoms with Crippen molar-refractivity contribution in [3.63, 3.8) is 0 Å². The summed E-state index contributed by atoms with van der Waals surface area (Å²) in [4.78, 5) is 23.6. The fraction of sp³-hybridized carbons (Fsp3) is 0.125. The van der Waals surface area contributed by atoms with Gasteiger partial charge in [-0.1, -0.05) is 22.0 Å². The van der Waals surface area contributed by atoms with E-state index in [4.69, 9.17) is 4.74 Å². The molecule has 0 fully saturated rings. The van der Waals surface area contributed by atoms with Gasteiger partial charge in [-0.3, -0.25) is 4.79 Å². The molecule has 1 N–H and O–H groups in total. The van der Waals surface area contributed by atoms with Gasteiger partial charge in [-0.25, -0.2) is 9.18 Å². The third-order valence-electron chi connectivity index (χ3n) is 2.83. The summed E-state index contributed by atoms with van der Waals surface area (Å²) in [6.07, 6.45) is 0. The number of carbonyl (C=O) groups is 2. The SMILES string of the molecule is COC(=O)c1cc(Br)ccc1NC(=O)COc1cccc(F)c1. The number of benzene rings is 2. The molecule has 0 saturated carbocycles. The van der Waals surface area contributed by atoms with Crippen molar-refractivity contribution < 1.29 is 23.5 Å². The number of carbonyl (C=O) groups excluding carboxylic acids is 2. The van der Waals surface area contributed by atoms with Crippen LogP contribution >= 0.6 is 15.9 Å². The highest BCUT2D eigenvalue weighted by Gasteiger charge is 2.15. The molecule has 2 rings (SSSR count). The van der Waals surface area contributed by atoms with E-state index in [9.17, 15) is 14.0 Å². The van der Waals surface area contributed by atoms with Crippen molar-refractivity contribution in [1.29, 1.82) is 0 Å². The van der Waals surface area contributed by atoms with Crippen LogP contribution in [0.15, 0.2) is 46.9 Å². The topological polar surface area (TPSA) is 64.6 Å². The van der Waals surface area contributed by atoms with Gasteiger partial charge in [0.05, 0.1) is 18.4 Å². The molecule has 0 aliphatic heterocycles. The van der Waals surface area contributed by atoms with Crippen molar-refractivity contribution in [1.82, 2.24) is 0 Å². The molecule has 0 aliphatic rings. The Balaban J connectivity index is 2.04. The lowest BCUT2D eigenvalue weighted by atomic mass is 10.2. The molecular formula is C16H13BrFNO4. The molecule has 0 aromatic heterocycles. The minimum absolute atomic E-state index is 0.209. The number of rotatable bonds is 5. The van der Waals surface area contributed by atoms with E-state index in [0.29, 0.717) is 10.2 Å². The van der Waals surface area contributed by atoms with Gasteiger partial charge >= 0.3 is 5.97 Å². The van der Waals surface area contributed by atoms with E-state index in [2.05, 4.69) is 26.0 Å². The molecule has 0 spiro atoms. The van der Waals surface area contributed by atoms with E-state index < -0.39 is 17.7 Å². The smallest absolute Gasteiger partial charge is 0.340 e. The van der Waals surface area contributed by atoms with E-state index in [1.807, 2.05) is 0 Å². The van der Waals surface area contributed by atoms with Crippen LogP contribution < -0.4 is 10.1 Å². The number of amides is 1. The van der Waals surface area contributed by atoms with Crippen LogP contribution in [-0.4, -0.2) is 25.6 Å². The van der Waals surface area contributed by atoms with Gasteiger partial charge < -0.3 is 14.8 Å². The van der Waals surface area contributed by atoms with Gasteiger partial charge in [0.1, 0.15) is 11.6 Å². The molecule has 23 heavy (non-hydrogen) atoms. The summed E-state index contributed by atoms with van der Waals surface area (Å²) in [5.74, 6) is -1.28. The molecule has 0 atom stereocenters. The van der Waals surface area contributed by atoms with Crippen LogP contribution in [0.25, 0.3) is 0 Å². The van der Waals surface area contributed by atoms with Crippen molar-refractivity contribution in [2.45, 2.75) is 0 Å². The first-order valence-corrected chi connectivity index (χ1v) is 7.35. The Hall–Kier alpha value is -2.41. The Bertz CT molecular complexity index is 736. The van der Waals surface area contributed by atoms with Gasteiger partial charge in [-0.05, 0) is 30.3 Å². The quantitative estimate of drug-likeness (QED) is 0.806. The molecule has 0 saturated heterocycles. The van der Waals surface area contributed by atoms with E-state index in [-0.39, 0.29) is 17.9 Å². The third kappa shape index (κ3) is 4.79. The molecule has 0 radical (unpaired) electrons. The Kier molecular flexibility index (Phi) is 5.70. The molecule has 1 amide bonds. The maximum absolute atomic E-state index is 13.0. The molecule has 7 heteroatoms. The molecular weight excluding hydrogens is 369 g/mol. The minimum Gasteiger partial charge on any atom is -0.484 e. The number of nitrogens with one attached hydrogen (secondary N) is 1. The lowest BCUT2D eigenvalue weighted by Crippen LogP contribution is -2.21. The molecule has 0 bridgehead atoms.